The van der Waals surface area contributed by atoms with Crippen LogP contribution in [0.1, 0.15) is 20.8 Å². The van der Waals surface area contributed by atoms with Crippen LogP contribution in [0.5, 0.6) is 0 Å². The number of carbonyl (C=O) groups is 1. The first kappa shape index (κ1) is 13.9. The van der Waals surface area contributed by atoms with E-state index in [0.717, 1.165) is 0 Å². The van der Waals surface area contributed by atoms with Crippen molar-refractivity contribution in [3.05, 3.63) is 0 Å². The van der Waals surface area contributed by atoms with E-state index in [1.807, 2.05) is 0 Å². The van der Waals surface area contributed by atoms with E-state index in [1.165, 1.54) is 6.92 Å². The lowest BCUT2D eigenvalue weighted by Gasteiger charge is -2.33. The lowest BCUT2D eigenvalue weighted by Crippen LogP contribution is -2.58. The molecule has 0 spiro atoms. The van der Waals surface area contributed by atoms with Crippen LogP contribution < -0.4 is 0 Å². The highest BCUT2D eigenvalue weighted by Gasteiger charge is 2.66. The quantitative estimate of drug-likeness (QED) is 0.570. The number of ketones is 1. The monoisotopic (exact) mass is 262 g/mol. The molecule has 2 rings (SSSR count). The molecule has 0 aromatic rings. The molecule has 0 unspecified atom stereocenters. The Morgan fingerprint density at radius 2 is 2.00 bits per heavy atom. The van der Waals surface area contributed by atoms with E-state index in [2.05, 4.69) is 0 Å². The van der Waals surface area contributed by atoms with Crippen molar-refractivity contribution < 1.29 is 34.3 Å². The van der Waals surface area contributed by atoms with E-state index < -0.39 is 48.4 Å². The van der Waals surface area contributed by atoms with Crippen LogP contribution in [-0.4, -0.2) is 63.7 Å². The average molecular weight is 262 g/mol. The van der Waals surface area contributed by atoms with Gasteiger partial charge in [-0.25, -0.2) is 0 Å². The van der Waals surface area contributed by atoms with Crippen molar-refractivity contribution in [3.8, 4) is 0 Å². The zero-order chi connectivity index (χ0) is 13.7. The Labute approximate surface area is 104 Å². The summed E-state index contributed by atoms with van der Waals surface area (Å²) in [5.74, 6) is -1.58. The lowest BCUT2D eigenvalue weighted by molar-refractivity contribution is -0.240. The summed E-state index contributed by atoms with van der Waals surface area (Å²) in [5.41, 5.74) is -2.03. The molecule has 104 valence electrons. The van der Waals surface area contributed by atoms with Crippen LogP contribution in [0.4, 0.5) is 0 Å². The highest BCUT2D eigenvalue weighted by atomic mass is 16.8. The van der Waals surface area contributed by atoms with Crippen LogP contribution in [0, 0.1) is 0 Å². The molecule has 2 fully saturated rings. The van der Waals surface area contributed by atoms with Gasteiger partial charge in [-0.05, 0) is 20.8 Å². The normalized spacial score (nSPS) is 43.8. The second-order valence-electron chi connectivity index (χ2n) is 5.11. The van der Waals surface area contributed by atoms with Crippen LogP contribution in [0.2, 0.25) is 0 Å². The van der Waals surface area contributed by atoms with Crippen LogP contribution in [-0.2, 0) is 19.0 Å². The predicted octanol–water partition coefficient (Wildman–Crippen LogP) is -1.46. The number of aliphatic hydroxyl groups is 3. The Kier molecular flexibility index (Phi) is 3.25. The van der Waals surface area contributed by atoms with Gasteiger partial charge in [0.2, 0.25) is 0 Å². The van der Waals surface area contributed by atoms with Crippen molar-refractivity contribution in [1.29, 1.82) is 0 Å². The van der Waals surface area contributed by atoms with E-state index in [4.69, 9.17) is 19.3 Å². The standard InChI is InChI=1S/C11H18O7/c1-5(13)11(15)7(6(14)4-12)16-9-8(11)17-10(2,3)18-9/h6-9,12,14-15H,4H2,1-3H3/t6-,7-,8+,9-,11+/m1/s1. The van der Waals surface area contributed by atoms with E-state index in [-0.39, 0.29) is 0 Å². The van der Waals surface area contributed by atoms with Crippen molar-refractivity contribution in [3.63, 3.8) is 0 Å². The molecule has 3 N–H and O–H groups in total. The van der Waals surface area contributed by atoms with Crippen LogP contribution in [0.15, 0.2) is 0 Å². The Morgan fingerprint density at radius 3 is 2.50 bits per heavy atom. The molecule has 2 aliphatic rings. The third-order valence-electron chi connectivity index (χ3n) is 3.31. The maximum atomic E-state index is 11.7. The van der Waals surface area contributed by atoms with Crippen molar-refractivity contribution in [1.82, 2.24) is 0 Å². The number of rotatable bonds is 3. The van der Waals surface area contributed by atoms with Gasteiger partial charge < -0.3 is 29.5 Å². The molecule has 0 aliphatic carbocycles. The van der Waals surface area contributed by atoms with Crippen molar-refractivity contribution in [2.24, 2.45) is 0 Å². The predicted molar refractivity (Wildman–Crippen MR) is 57.4 cm³/mol. The van der Waals surface area contributed by atoms with E-state index in [9.17, 15) is 15.0 Å². The zero-order valence-corrected chi connectivity index (χ0v) is 10.5. The number of aliphatic hydroxyl groups excluding tert-OH is 2. The van der Waals surface area contributed by atoms with Gasteiger partial charge >= 0.3 is 0 Å². The van der Waals surface area contributed by atoms with Crippen LogP contribution in [0.3, 0.4) is 0 Å². The second-order valence-corrected chi connectivity index (χ2v) is 5.11. The Hall–Kier alpha value is -0.570. The van der Waals surface area contributed by atoms with Gasteiger partial charge in [0, 0.05) is 0 Å². The number of fused-ring (bicyclic) bond motifs is 1. The molecule has 7 heteroatoms. The van der Waals surface area contributed by atoms with Gasteiger partial charge in [0.1, 0.15) is 12.2 Å². The number of Topliss-reactive ketones (excluding diaryl/α,β-unsaturated/α-hetero) is 1. The molecule has 0 saturated carbocycles. The minimum absolute atomic E-state index is 0.603. The lowest BCUT2D eigenvalue weighted by atomic mass is 9.86. The highest BCUT2D eigenvalue weighted by Crippen LogP contribution is 2.44. The maximum Gasteiger partial charge on any atom is 0.191 e. The minimum atomic E-state index is -2.03. The van der Waals surface area contributed by atoms with Gasteiger partial charge in [0.15, 0.2) is 29.6 Å². The summed E-state index contributed by atoms with van der Waals surface area (Å²) in [7, 11) is 0. The molecule has 18 heavy (non-hydrogen) atoms. The van der Waals surface area contributed by atoms with Gasteiger partial charge in [0.25, 0.3) is 0 Å². The topological polar surface area (TPSA) is 105 Å². The van der Waals surface area contributed by atoms with E-state index in [1.54, 1.807) is 13.8 Å². The average Bonchev–Trinajstić information content (AvgIpc) is 2.71. The van der Waals surface area contributed by atoms with Crippen molar-refractivity contribution >= 4 is 5.78 Å². The fraction of sp³-hybridized carbons (Fsp3) is 0.909. The third-order valence-corrected chi connectivity index (χ3v) is 3.31. The third kappa shape index (κ3) is 1.87. The molecule has 0 aromatic heterocycles. The molecule has 2 saturated heterocycles. The largest absolute Gasteiger partial charge is 0.394 e. The molecule has 2 heterocycles. The molecular formula is C11H18O7. The maximum absolute atomic E-state index is 11.7. The van der Waals surface area contributed by atoms with Crippen molar-refractivity contribution in [2.75, 3.05) is 6.61 Å². The van der Waals surface area contributed by atoms with Gasteiger partial charge in [0.05, 0.1) is 6.61 Å². The van der Waals surface area contributed by atoms with Crippen LogP contribution in [0.25, 0.3) is 0 Å². The molecule has 7 nitrogen and oxygen atoms in total. The molecule has 0 bridgehead atoms. The molecule has 2 aliphatic heterocycles. The van der Waals surface area contributed by atoms with Gasteiger partial charge in [-0.1, -0.05) is 0 Å². The van der Waals surface area contributed by atoms with Gasteiger partial charge in [-0.15, -0.1) is 0 Å². The zero-order valence-electron chi connectivity index (χ0n) is 10.5. The fourth-order valence-corrected chi connectivity index (χ4v) is 2.42. The second kappa shape index (κ2) is 4.22. The summed E-state index contributed by atoms with van der Waals surface area (Å²) >= 11 is 0. The summed E-state index contributed by atoms with van der Waals surface area (Å²) in [4.78, 5) is 11.7. The molecule has 0 amide bonds. The number of carbonyl (C=O) groups excluding carboxylic acids is 1. The first-order valence-electron chi connectivity index (χ1n) is 5.76. The summed E-state index contributed by atoms with van der Waals surface area (Å²) in [6.45, 7) is 3.81. The number of hydrogen-bond donors (Lipinski definition) is 3. The fourth-order valence-electron chi connectivity index (χ4n) is 2.42. The molecule has 5 atom stereocenters. The smallest absolute Gasteiger partial charge is 0.191 e. The summed E-state index contributed by atoms with van der Waals surface area (Å²) in [6, 6.07) is 0. The van der Waals surface area contributed by atoms with E-state index in [0.29, 0.717) is 0 Å². The summed E-state index contributed by atoms with van der Waals surface area (Å²) in [5, 5.41) is 29.1. The number of ether oxygens (including phenoxy) is 3. The Morgan fingerprint density at radius 1 is 1.39 bits per heavy atom. The van der Waals surface area contributed by atoms with E-state index >= 15 is 0 Å². The van der Waals surface area contributed by atoms with Crippen LogP contribution >= 0.6 is 0 Å². The minimum Gasteiger partial charge on any atom is -0.394 e. The summed E-state index contributed by atoms with van der Waals surface area (Å²) < 4.78 is 16.2. The first-order valence-corrected chi connectivity index (χ1v) is 5.76. The SMILES string of the molecule is CC(=O)[C@]1(O)[C@@H]([C@H](O)CO)O[C@@H]2OC(C)(C)O[C@@H]21. The van der Waals surface area contributed by atoms with Gasteiger partial charge in [-0.3, -0.25) is 4.79 Å². The Balaban J connectivity index is 2.32. The van der Waals surface area contributed by atoms with Gasteiger partial charge in [-0.2, -0.15) is 0 Å². The first-order chi connectivity index (χ1) is 8.22. The summed E-state index contributed by atoms with van der Waals surface area (Å²) in [6.07, 6.45) is -4.62. The Bertz CT molecular complexity index is 355. The molecule has 0 aromatic carbocycles. The molecule has 0 radical (unpaired) electrons. The molecular weight excluding hydrogens is 244 g/mol. The highest BCUT2D eigenvalue weighted by molar-refractivity contribution is 5.87. The van der Waals surface area contributed by atoms with Crippen molar-refractivity contribution in [2.45, 2.75) is 56.8 Å². The number of hydrogen-bond acceptors (Lipinski definition) is 7.